The Balaban J connectivity index is 3.17. The van der Waals surface area contributed by atoms with Crippen molar-refractivity contribution in [1.82, 2.24) is 0 Å². The molecule has 0 saturated carbocycles. The summed E-state index contributed by atoms with van der Waals surface area (Å²) in [5.41, 5.74) is 0. The second kappa shape index (κ2) is 4.14. The number of esters is 1. The van der Waals surface area contributed by atoms with Crippen molar-refractivity contribution in [3.05, 3.63) is 0 Å². The van der Waals surface area contributed by atoms with Gasteiger partial charge in [-0.3, -0.25) is 0 Å². The third-order valence-corrected chi connectivity index (χ3v) is 0.969. The molecular weight excluding hydrogens is 270 g/mol. The average Bonchev–Trinajstić information content (AvgIpc) is 1.68. The molecule has 42 valence electrons. The topological polar surface area (TPSA) is 26.3 Å². The molecule has 0 radical (unpaired) electrons. The standard InChI is InChI=1S/C4H6O2.Os/c1-3-6-4(2)5;/h2H,3H2,1H3;. The molecule has 2 nitrogen and oxygen atoms in total. The van der Waals surface area contributed by atoms with Gasteiger partial charge in [0.05, 0.1) is 0 Å². The van der Waals surface area contributed by atoms with Gasteiger partial charge in [-0.1, -0.05) is 0 Å². The van der Waals surface area contributed by atoms with E-state index in [2.05, 4.69) is 4.74 Å². The summed E-state index contributed by atoms with van der Waals surface area (Å²) in [6.45, 7) is 2.25. The number of hydrogen-bond acceptors (Lipinski definition) is 2. The van der Waals surface area contributed by atoms with Crippen LogP contribution in [-0.2, 0) is 27.7 Å². The van der Waals surface area contributed by atoms with Crippen molar-refractivity contribution in [2.75, 3.05) is 6.61 Å². The van der Waals surface area contributed by atoms with Gasteiger partial charge in [0, 0.05) is 0 Å². The number of ether oxygens (including phenoxy) is 1. The number of carbonyl (C=O) groups excluding carboxylic acids is 1. The molecule has 0 aromatic rings. The summed E-state index contributed by atoms with van der Waals surface area (Å²) in [6, 6.07) is 0. The fourth-order valence-corrected chi connectivity index (χ4v) is 0.383. The van der Waals surface area contributed by atoms with Gasteiger partial charge in [-0.25, -0.2) is 0 Å². The van der Waals surface area contributed by atoms with Crippen molar-refractivity contribution in [3.63, 3.8) is 0 Å². The second-order valence-corrected chi connectivity index (χ2v) is 1.59. The zero-order valence-corrected chi connectivity index (χ0v) is 6.49. The number of hydrogen-bond donors (Lipinski definition) is 0. The maximum absolute atomic E-state index is 10.1. The van der Waals surface area contributed by atoms with E-state index in [1.807, 2.05) is 0 Å². The van der Waals surface area contributed by atoms with Crippen LogP contribution in [-0.4, -0.2) is 17.1 Å². The minimum atomic E-state index is -0.235. The summed E-state index contributed by atoms with van der Waals surface area (Å²) in [5, 5.41) is 0. The van der Waals surface area contributed by atoms with Crippen molar-refractivity contribution < 1.29 is 27.7 Å². The quantitative estimate of drug-likeness (QED) is 0.658. The first-order valence-electron chi connectivity index (χ1n) is 1.90. The monoisotopic (exact) mass is 278 g/mol. The molecule has 0 heterocycles. The Morgan fingerprint density at radius 1 is 2.00 bits per heavy atom. The molecule has 0 aliphatic heterocycles. The Morgan fingerprint density at radius 2 is 2.57 bits per heavy atom. The van der Waals surface area contributed by atoms with Crippen LogP contribution in [0.2, 0.25) is 0 Å². The second-order valence-electron chi connectivity index (χ2n) is 0.854. The molecule has 0 aliphatic rings. The van der Waals surface area contributed by atoms with E-state index in [9.17, 15) is 4.79 Å². The van der Waals surface area contributed by atoms with Crippen LogP contribution in [0.15, 0.2) is 0 Å². The van der Waals surface area contributed by atoms with Gasteiger partial charge in [0.2, 0.25) is 0 Å². The van der Waals surface area contributed by atoms with Crippen molar-refractivity contribution in [1.29, 1.82) is 0 Å². The Labute approximate surface area is 52.3 Å². The van der Waals surface area contributed by atoms with Crippen LogP contribution in [0.4, 0.5) is 0 Å². The van der Waals surface area contributed by atoms with Gasteiger partial charge < -0.3 is 0 Å². The zero-order valence-electron chi connectivity index (χ0n) is 3.95. The number of rotatable bonds is 2. The van der Waals surface area contributed by atoms with Gasteiger partial charge in [0.25, 0.3) is 0 Å². The SMILES string of the molecule is CCOC(=O)[CH]=[Os]. The third-order valence-electron chi connectivity index (χ3n) is 0.370. The molecule has 7 heavy (non-hydrogen) atoms. The van der Waals surface area contributed by atoms with Crippen LogP contribution in [0.5, 0.6) is 0 Å². The fraction of sp³-hybridized carbons (Fsp3) is 0.500. The molecule has 0 fully saturated rings. The van der Waals surface area contributed by atoms with Crippen molar-refractivity contribution >= 4 is 10.5 Å². The van der Waals surface area contributed by atoms with Gasteiger partial charge in [-0.05, 0) is 0 Å². The van der Waals surface area contributed by atoms with E-state index in [4.69, 9.17) is 0 Å². The van der Waals surface area contributed by atoms with E-state index < -0.39 is 0 Å². The predicted molar refractivity (Wildman–Crippen MR) is 22.7 cm³/mol. The summed E-state index contributed by atoms with van der Waals surface area (Å²) in [4.78, 5) is 10.1. The molecule has 0 saturated heterocycles. The summed E-state index contributed by atoms with van der Waals surface area (Å²) < 4.78 is 5.92. The van der Waals surface area contributed by atoms with Crippen LogP contribution in [0.3, 0.4) is 0 Å². The number of carbonyl (C=O) groups is 1. The fourth-order valence-electron chi connectivity index (χ4n) is 0.172. The van der Waals surface area contributed by atoms with E-state index in [0.717, 1.165) is 0 Å². The average molecular weight is 276 g/mol. The molecule has 0 aliphatic carbocycles. The Morgan fingerprint density at radius 3 is 2.71 bits per heavy atom. The molecule has 0 bridgehead atoms. The molecule has 0 aromatic carbocycles. The van der Waals surface area contributed by atoms with Gasteiger partial charge >= 0.3 is 51.7 Å². The molecule has 0 spiro atoms. The zero-order chi connectivity index (χ0) is 5.70. The molecule has 0 N–H and O–H groups in total. The minimum absolute atomic E-state index is 0.235. The Hall–Kier alpha value is -0.0236. The first kappa shape index (κ1) is 6.98. The Bertz CT molecular complexity index is 79.8. The van der Waals surface area contributed by atoms with Gasteiger partial charge in [-0.2, -0.15) is 0 Å². The van der Waals surface area contributed by atoms with E-state index in [1.165, 1.54) is 22.7 Å². The van der Waals surface area contributed by atoms with Crippen LogP contribution in [0, 0.1) is 0 Å². The van der Waals surface area contributed by atoms with Crippen LogP contribution in [0.25, 0.3) is 0 Å². The first-order chi connectivity index (χ1) is 3.31. The molecule has 0 unspecified atom stereocenters. The summed E-state index contributed by atoms with van der Waals surface area (Å²) >= 11 is 1.48. The molecule has 0 amide bonds. The Kier molecular flexibility index (Phi) is 4.13. The summed E-state index contributed by atoms with van der Waals surface area (Å²) in [5.74, 6) is -0.235. The molecule has 0 atom stereocenters. The van der Waals surface area contributed by atoms with E-state index in [-0.39, 0.29) is 5.97 Å². The normalized spacial score (nSPS) is 7.71. The maximum atomic E-state index is 10.1. The third kappa shape index (κ3) is 3.82. The molecule has 3 heteroatoms. The van der Waals surface area contributed by atoms with Gasteiger partial charge in [-0.15, -0.1) is 0 Å². The predicted octanol–water partition coefficient (Wildman–Crippen LogP) is -0.101. The first-order valence-corrected chi connectivity index (χ1v) is 3.36. The van der Waals surface area contributed by atoms with Crippen molar-refractivity contribution in [2.45, 2.75) is 6.92 Å². The molecule has 0 aromatic heterocycles. The van der Waals surface area contributed by atoms with E-state index in [0.29, 0.717) is 6.61 Å². The van der Waals surface area contributed by atoms with Gasteiger partial charge in [0.15, 0.2) is 0 Å². The van der Waals surface area contributed by atoms with E-state index in [1.54, 1.807) is 6.92 Å². The van der Waals surface area contributed by atoms with Crippen molar-refractivity contribution in [3.8, 4) is 0 Å². The van der Waals surface area contributed by atoms with Gasteiger partial charge in [0.1, 0.15) is 0 Å². The van der Waals surface area contributed by atoms with Crippen LogP contribution < -0.4 is 0 Å². The molecule has 0 rings (SSSR count). The van der Waals surface area contributed by atoms with Crippen molar-refractivity contribution in [2.24, 2.45) is 0 Å². The van der Waals surface area contributed by atoms with E-state index >= 15 is 0 Å². The molecular formula is C4H6O2Os. The van der Waals surface area contributed by atoms with Crippen LogP contribution >= 0.6 is 0 Å². The summed E-state index contributed by atoms with van der Waals surface area (Å²) in [6.07, 6.45) is 0. The van der Waals surface area contributed by atoms with Crippen LogP contribution in [0.1, 0.15) is 6.92 Å². The summed E-state index contributed by atoms with van der Waals surface area (Å²) in [7, 11) is 0.